The highest BCUT2D eigenvalue weighted by Gasteiger charge is 2.13. The van der Waals surface area contributed by atoms with Crippen LogP contribution in [0.1, 0.15) is 20.8 Å². The Hall–Kier alpha value is -0.430. The summed E-state index contributed by atoms with van der Waals surface area (Å²) in [5.74, 6) is 0. The first-order valence-electron chi connectivity index (χ1n) is 3.70. The summed E-state index contributed by atoms with van der Waals surface area (Å²) in [6.45, 7) is 9.77. The predicted molar refractivity (Wildman–Crippen MR) is 56.2 cm³/mol. The third-order valence-electron chi connectivity index (χ3n) is 1.35. The SMILES string of the molecule is C=C/C=C(\C=C/C)C(C)(C)S. The van der Waals surface area contributed by atoms with E-state index < -0.39 is 0 Å². The lowest BCUT2D eigenvalue weighted by atomic mass is 10.0. The van der Waals surface area contributed by atoms with Gasteiger partial charge in [-0.15, -0.1) is 0 Å². The van der Waals surface area contributed by atoms with E-state index in [1.54, 1.807) is 6.08 Å². The van der Waals surface area contributed by atoms with E-state index in [1.165, 1.54) is 5.57 Å². The van der Waals surface area contributed by atoms with Crippen molar-refractivity contribution in [3.63, 3.8) is 0 Å². The minimum atomic E-state index is -0.0826. The molecule has 0 saturated heterocycles. The lowest BCUT2D eigenvalue weighted by Gasteiger charge is -2.18. The monoisotopic (exact) mass is 168 g/mol. The van der Waals surface area contributed by atoms with Gasteiger partial charge in [0.15, 0.2) is 0 Å². The van der Waals surface area contributed by atoms with Crippen molar-refractivity contribution in [2.75, 3.05) is 0 Å². The molecule has 0 radical (unpaired) electrons. The van der Waals surface area contributed by atoms with Crippen LogP contribution in [0.4, 0.5) is 0 Å². The van der Waals surface area contributed by atoms with Crippen molar-refractivity contribution in [2.45, 2.75) is 25.5 Å². The summed E-state index contributed by atoms with van der Waals surface area (Å²) in [6.07, 6.45) is 7.82. The summed E-state index contributed by atoms with van der Waals surface area (Å²) in [4.78, 5) is 0. The molecule has 0 rings (SSSR count). The van der Waals surface area contributed by atoms with E-state index >= 15 is 0 Å². The van der Waals surface area contributed by atoms with Crippen molar-refractivity contribution in [3.8, 4) is 0 Å². The Bertz CT molecular complexity index is 180. The van der Waals surface area contributed by atoms with E-state index in [0.29, 0.717) is 0 Å². The molecule has 0 atom stereocenters. The number of allylic oxidation sites excluding steroid dienone is 4. The quantitative estimate of drug-likeness (QED) is 0.484. The van der Waals surface area contributed by atoms with Gasteiger partial charge in [0.2, 0.25) is 0 Å². The molecule has 11 heavy (non-hydrogen) atoms. The predicted octanol–water partition coefficient (Wildman–Crippen LogP) is 3.38. The minimum Gasteiger partial charge on any atom is -0.168 e. The normalized spacial score (nSPS) is 14.0. The second-order valence-electron chi connectivity index (χ2n) is 2.92. The molecular formula is C10H16S. The Morgan fingerprint density at radius 2 is 2.00 bits per heavy atom. The average Bonchev–Trinajstić information content (AvgIpc) is 1.85. The summed E-state index contributed by atoms with van der Waals surface area (Å²) in [7, 11) is 0. The third kappa shape index (κ3) is 4.10. The van der Waals surface area contributed by atoms with Crippen LogP contribution in [0.15, 0.2) is 36.5 Å². The van der Waals surface area contributed by atoms with E-state index in [0.717, 1.165) is 0 Å². The fourth-order valence-electron chi connectivity index (χ4n) is 0.770. The lowest BCUT2D eigenvalue weighted by molar-refractivity contribution is 0.865. The molecule has 0 amide bonds. The van der Waals surface area contributed by atoms with E-state index in [-0.39, 0.29) is 4.75 Å². The second-order valence-corrected chi connectivity index (χ2v) is 4.03. The topological polar surface area (TPSA) is 0 Å². The largest absolute Gasteiger partial charge is 0.168 e. The molecule has 0 bridgehead atoms. The minimum absolute atomic E-state index is 0.0826. The number of rotatable bonds is 3. The number of hydrogen-bond acceptors (Lipinski definition) is 1. The van der Waals surface area contributed by atoms with Crippen molar-refractivity contribution in [1.29, 1.82) is 0 Å². The lowest BCUT2D eigenvalue weighted by Crippen LogP contribution is -2.12. The van der Waals surface area contributed by atoms with E-state index in [2.05, 4.69) is 39.1 Å². The van der Waals surface area contributed by atoms with Crippen molar-refractivity contribution >= 4 is 12.6 Å². The Morgan fingerprint density at radius 1 is 1.45 bits per heavy atom. The van der Waals surface area contributed by atoms with Crippen LogP contribution in [0, 0.1) is 0 Å². The van der Waals surface area contributed by atoms with Gasteiger partial charge in [0.25, 0.3) is 0 Å². The Kier molecular flexibility index (Phi) is 4.27. The van der Waals surface area contributed by atoms with Gasteiger partial charge in [-0.05, 0) is 26.3 Å². The van der Waals surface area contributed by atoms with Gasteiger partial charge in [-0.25, -0.2) is 0 Å². The third-order valence-corrected chi connectivity index (χ3v) is 1.61. The summed E-state index contributed by atoms with van der Waals surface area (Å²) >= 11 is 4.45. The Labute approximate surface area is 75.1 Å². The van der Waals surface area contributed by atoms with Crippen molar-refractivity contribution < 1.29 is 0 Å². The van der Waals surface area contributed by atoms with Gasteiger partial charge in [-0.3, -0.25) is 0 Å². The van der Waals surface area contributed by atoms with Crippen LogP contribution >= 0.6 is 12.6 Å². The molecule has 1 heteroatoms. The molecule has 0 aliphatic carbocycles. The first-order valence-corrected chi connectivity index (χ1v) is 4.15. The van der Waals surface area contributed by atoms with E-state index in [9.17, 15) is 0 Å². The second kappa shape index (κ2) is 4.45. The number of hydrogen-bond donors (Lipinski definition) is 1. The zero-order valence-electron chi connectivity index (χ0n) is 7.46. The van der Waals surface area contributed by atoms with Gasteiger partial charge in [0.05, 0.1) is 0 Å². The summed E-state index contributed by atoms with van der Waals surface area (Å²) < 4.78 is -0.0826. The van der Waals surface area contributed by atoms with Gasteiger partial charge in [0, 0.05) is 4.75 Å². The van der Waals surface area contributed by atoms with Crippen LogP contribution in [0.2, 0.25) is 0 Å². The van der Waals surface area contributed by atoms with Crippen LogP contribution in [-0.4, -0.2) is 4.75 Å². The summed E-state index contributed by atoms with van der Waals surface area (Å²) in [6, 6.07) is 0. The fourth-order valence-corrected chi connectivity index (χ4v) is 0.919. The molecule has 0 spiro atoms. The Balaban J connectivity index is 4.61. The van der Waals surface area contributed by atoms with Crippen molar-refractivity contribution in [3.05, 3.63) is 36.5 Å². The summed E-state index contributed by atoms with van der Waals surface area (Å²) in [5, 5.41) is 0. The maximum Gasteiger partial charge on any atom is 0.0321 e. The van der Waals surface area contributed by atoms with Gasteiger partial charge >= 0.3 is 0 Å². The van der Waals surface area contributed by atoms with Crippen molar-refractivity contribution in [2.24, 2.45) is 0 Å². The molecule has 62 valence electrons. The zero-order chi connectivity index (χ0) is 8.91. The molecule has 0 aromatic heterocycles. The van der Waals surface area contributed by atoms with Crippen LogP contribution in [0.5, 0.6) is 0 Å². The highest BCUT2D eigenvalue weighted by Crippen LogP contribution is 2.24. The van der Waals surface area contributed by atoms with Crippen LogP contribution in [0.3, 0.4) is 0 Å². The maximum atomic E-state index is 4.45. The fraction of sp³-hybridized carbons (Fsp3) is 0.400. The number of thiol groups is 1. The first kappa shape index (κ1) is 10.6. The standard InChI is InChI=1S/C10H16S/c1-5-7-9(8-6-2)10(3,4)11/h5-8,11H,1H2,2-4H3/b8-6-,9-7+. The molecule has 0 nitrogen and oxygen atoms in total. The van der Waals surface area contributed by atoms with E-state index in [1.807, 2.05) is 19.1 Å². The van der Waals surface area contributed by atoms with Crippen molar-refractivity contribution in [1.82, 2.24) is 0 Å². The van der Waals surface area contributed by atoms with Crippen LogP contribution in [0.25, 0.3) is 0 Å². The maximum absolute atomic E-state index is 4.45. The van der Waals surface area contributed by atoms with Gasteiger partial charge in [0.1, 0.15) is 0 Å². The van der Waals surface area contributed by atoms with Gasteiger partial charge < -0.3 is 0 Å². The average molecular weight is 168 g/mol. The Morgan fingerprint density at radius 3 is 2.27 bits per heavy atom. The highest BCUT2D eigenvalue weighted by molar-refractivity contribution is 7.82. The van der Waals surface area contributed by atoms with Gasteiger partial charge in [-0.1, -0.05) is 30.9 Å². The molecule has 0 aromatic carbocycles. The van der Waals surface area contributed by atoms with Gasteiger partial charge in [-0.2, -0.15) is 12.6 Å². The molecule has 0 N–H and O–H groups in total. The summed E-state index contributed by atoms with van der Waals surface area (Å²) in [5.41, 5.74) is 1.18. The smallest absolute Gasteiger partial charge is 0.0321 e. The molecule has 0 aromatic rings. The molecule has 0 aliphatic rings. The molecular weight excluding hydrogens is 152 g/mol. The van der Waals surface area contributed by atoms with Crippen LogP contribution in [-0.2, 0) is 0 Å². The molecule has 0 unspecified atom stereocenters. The molecule has 0 saturated carbocycles. The first-order chi connectivity index (χ1) is 5.02. The molecule has 0 aliphatic heterocycles. The molecule has 0 fully saturated rings. The zero-order valence-corrected chi connectivity index (χ0v) is 8.36. The van der Waals surface area contributed by atoms with Crippen LogP contribution < -0.4 is 0 Å². The van der Waals surface area contributed by atoms with E-state index in [4.69, 9.17) is 0 Å². The molecule has 0 heterocycles. The highest BCUT2D eigenvalue weighted by atomic mass is 32.1.